The molecular weight excluding hydrogens is 384 g/mol. The van der Waals surface area contributed by atoms with E-state index in [1.54, 1.807) is 4.31 Å². The Balaban J connectivity index is 1.36. The van der Waals surface area contributed by atoms with E-state index in [1.807, 2.05) is 65.6 Å². The highest BCUT2D eigenvalue weighted by molar-refractivity contribution is 7.90. The van der Waals surface area contributed by atoms with Gasteiger partial charge in [-0.3, -0.25) is 4.79 Å². The van der Waals surface area contributed by atoms with Gasteiger partial charge < -0.3 is 4.90 Å². The van der Waals surface area contributed by atoms with E-state index in [0.29, 0.717) is 39.0 Å². The summed E-state index contributed by atoms with van der Waals surface area (Å²) in [6.45, 7) is 2.30. The zero-order valence-electron chi connectivity index (χ0n) is 16.6. The fraction of sp³-hybridized carbons (Fsp3) is 0.435. The predicted molar refractivity (Wildman–Crippen MR) is 114 cm³/mol. The maximum Gasteiger partial charge on any atom is 0.226 e. The molecule has 0 N–H and O–H groups in total. The Bertz CT molecular complexity index is 931. The van der Waals surface area contributed by atoms with Crippen LogP contribution in [0, 0.1) is 5.92 Å². The van der Waals surface area contributed by atoms with Crippen molar-refractivity contribution < 1.29 is 13.2 Å². The highest BCUT2D eigenvalue weighted by Crippen LogP contribution is 2.34. The Hall–Kier alpha value is -2.18. The number of fused-ring (bicyclic) bond motifs is 1. The van der Waals surface area contributed by atoms with Gasteiger partial charge in [0, 0.05) is 26.2 Å². The lowest BCUT2D eigenvalue weighted by Crippen LogP contribution is -2.36. The van der Waals surface area contributed by atoms with Gasteiger partial charge in [-0.15, -0.1) is 0 Å². The van der Waals surface area contributed by atoms with E-state index in [4.69, 9.17) is 0 Å². The van der Waals surface area contributed by atoms with E-state index >= 15 is 0 Å². The van der Waals surface area contributed by atoms with Crippen molar-refractivity contribution in [3.05, 3.63) is 71.8 Å². The van der Waals surface area contributed by atoms with Crippen LogP contribution < -0.4 is 0 Å². The summed E-state index contributed by atoms with van der Waals surface area (Å²) in [5.74, 6) is 0.208. The molecule has 2 fully saturated rings. The zero-order valence-corrected chi connectivity index (χ0v) is 17.4. The normalized spacial score (nSPS) is 24.1. The van der Waals surface area contributed by atoms with Crippen LogP contribution in [0.4, 0.5) is 0 Å². The van der Waals surface area contributed by atoms with Crippen LogP contribution in [0.15, 0.2) is 60.7 Å². The van der Waals surface area contributed by atoms with Gasteiger partial charge in [-0.2, -0.15) is 0 Å². The van der Waals surface area contributed by atoms with Crippen molar-refractivity contribution in [1.82, 2.24) is 9.21 Å². The summed E-state index contributed by atoms with van der Waals surface area (Å²) in [6, 6.07) is 19.7. The van der Waals surface area contributed by atoms with Crippen LogP contribution in [-0.4, -0.2) is 55.0 Å². The topological polar surface area (TPSA) is 57.7 Å². The maximum absolute atomic E-state index is 13.1. The number of rotatable bonds is 5. The van der Waals surface area contributed by atoms with Crippen molar-refractivity contribution in [3.63, 3.8) is 0 Å². The van der Waals surface area contributed by atoms with Gasteiger partial charge in [-0.1, -0.05) is 60.7 Å². The Morgan fingerprint density at radius 2 is 1.52 bits per heavy atom. The van der Waals surface area contributed by atoms with Gasteiger partial charge in [-0.05, 0) is 36.3 Å². The molecule has 2 aliphatic rings. The first-order chi connectivity index (χ1) is 14.0. The Morgan fingerprint density at radius 1 is 0.897 bits per heavy atom. The van der Waals surface area contributed by atoms with Crippen LogP contribution in [-0.2, 0) is 27.7 Å². The number of nitrogens with zero attached hydrogens (tertiary/aromatic N) is 2. The Labute approximate surface area is 173 Å². The number of benzene rings is 2. The minimum Gasteiger partial charge on any atom is -0.342 e. The first kappa shape index (κ1) is 20.1. The second kappa shape index (κ2) is 8.67. The molecule has 29 heavy (non-hydrogen) atoms. The van der Waals surface area contributed by atoms with E-state index in [9.17, 15) is 13.2 Å². The third-order valence-electron chi connectivity index (χ3n) is 6.20. The smallest absolute Gasteiger partial charge is 0.226 e. The van der Waals surface area contributed by atoms with E-state index in [-0.39, 0.29) is 17.1 Å². The highest BCUT2D eigenvalue weighted by Gasteiger charge is 2.46. The monoisotopic (exact) mass is 412 g/mol. The molecule has 0 unspecified atom stereocenters. The summed E-state index contributed by atoms with van der Waals surface area (Å²) in [4.78, 5) is 14.5. The van der Waals surface area contributed by atoms with Crippen LogP contribution in [0.3, 0.4) is 0 Å². The van der Waals surface area contributed by atoms with E-state index < -0.39 is 10.0 Å². The number of sulfonamides is 1. The molecular formula is C23H28N2O3S. The quantitative estimate of drug-likeness (QED) is 0.759. The molecule has 0 saturated carbocycles. The maximum atomic E-state index is 13.1. The molecule has 154 valence electrons. The van der Waals surface area contributed by atoms with Crippen molar-refractivity contribution in [2.45, 2.75) is 30.9 Å². The summed E-state index contributed by atoms with van der Waals surface area (Å²) in [7, 11) is -3.29. The van der Waals surface area contributed by atoms with Crippen LogP contribution in [0.25, 0.3) is 0 Å². The summed E-state index contributed by atoms with van der Waals surface area (Å²) < 4.78 is 27.9. The van der Waals surface area contributed by atoms with Gasteiger partial charge in [0.05, 0.1) is 11.7 Å². The molecule has 0 aromatic heterocycles. The van der Waals surface area contributed by atoms with Crippen LogP contribution in [0.5, 0.6) is 0 Å². The Morgan fingerprint density at radius 3 is 2.21 bits per heavy atom. The molecule has 2 aliphatic heterocycles. The minimum absolute atomic E-state index is 0.0921. The van der Waals surface area contributed by atoms with Crippen molar-refractivity contribution in [1.29, 1.82) is 0 Å². The standard InChI is InChI=1S/C23H28N2O3S/c26-23(17-20-9-5-2-6-10-20)24-14-12-21-18-25(29(27,28)22(21)13-15-24)16-11-19-7-3-1-4-8-19/h1-10,21-22H,11-18H2/t21-,22-/m1/s1. The first-order valence-electron chi connectivity index (χ1n) is 10.4. The van der Waals surface area contributed by atoms with Gasteiger partial charge in [0.1, 0.15) is 0 Å². The number of amides is 1. The molecule has 0 aliphatic carbocycles. The molecule has 2 atom stereocenters. The highest BCUT2D eigenvalue weighted by atomic mass is 32.2. The van der Waals surface area contributed by atoms with E-state index in [2.05, 4.69) is 0 Å². The summed E-state index contributed by atoms with van der Waals surface area (Å²) in [6.07, 6.45) is 2.41. The predicted octanol–water partition coefficient (Wildman–Crippen LogP) is 2.72. The molecule has 0 bridgehead atoms. The summed E-state index contributed by atoms with van der Waals surface area (Å²) >= 11 is 0. The molecule has 2 aromatic rings. The summed E-state index contributed by atoms with van der Waals surface area (Å²) in [5.41, 5.74) is 2.16. The van der Waals surface area contributed by atoms with Gasteiger partial charge >= 0.3 is 0 Å². The molecule has 1 amide bonds. The lowest BCUT2D eigenvalue weighted by Gasteiger charge is -2.22. The third-order valence-corrected chi connectivity index (χ3v) is 8.64. The molecule has 2 saturated heterocycles. The van der Waals surface area contributed by atoms with Gasteiger partial charge in [0.25, 0.3) is 0 Å². The SMILES string of the molecule is O=C(Cc1ccccc1)N1CC[C@@H]2CN(CCc3ccccc3)S(=O)(=O)[C@@H]2CC1. The number of carbonyl (C=O) groups is 1. The molecule has 0 radical (unpaired) electrons. The number of carbonyl (C=O) groups excluding carboxylic acids is 1. The number of hydrogen-bond acceptors (Lipinski definition) is 3. The van der Waals surface area contributed by atoms with Gasteiger partial charge in [0.2, 0.25) is 15.9 Å². The minimum atomic E-state index is -3.29. The van der Waals surface area contributed by atoms with E-state index in [1.165, 1.54) is 0 Å². The van der Waals surface area contributed by atoms with Gasteiger partial charge in [0.15, 0.2) is 0 Å². The fourth-order valence-corrected chi connectivity index (χ4v) is 6.78. The zero-order chi connectivity index (χ0) is 20.3. The molecule has 0 spiro atoms. The molecule has 6 heteroatoms. The second-order valence-corrected chi connectivity index (χ2v) is 10.2. The molecule has 4 rings (SSSR count). The lowest BCUT2D eigenvalue weighted by molar-refractivity contribution is -0.130. The fourth-order valence-electron chi connectivity index (χ4n) is 4.54. The van der Waals surface area contributed by atoms with Crippen molar-refractivity contribution in [3.8, 4) is 0 Å². The average Bonchev–Trinajstić information content (AvgIpc) is 2.87. The Kier molecular flexibility index (Phi) is 6.01. The van der Waals surface area contributed by atoms with Crippen molar-refractivity contribution >= 4 is 15.9 Å². The third kappa shape index (κ3) is 4.54. The van der Waals surface area contributed by atoms with Gasteiger partial charge in [-0.25, -0.2) is 12.7 Å². The molecule has 2 heterocycles. The van der Waals surface area contributed by atoms with E-state index in [0.717, 1.165) is 24.0 Å². The van der Waals surface area contributed by atoms with Crippen LogP contribution in [0.1, 0.15) is 24.0 Å². The lowest BCUT2D eigenvalue weighted by atomic mass is 10.0. The summed E-state index contributed by atoms with van der Waals surface area (Å²) in [5, 5.41) is -0.354. The van der Waals surface area contributed by atoms with Crippen molar-refractivity contribution in [2.24, 2.45) is 5.92 Å². The second-order valence-electron chi connectivity index (χ2n) is 8.06. The number of hydrogen-bond donors (Lipinski definition) is 0. The average molecular weight is 413 g/mol. The molecule has 2 aromatic carbocycles. The van der Waals surface area contributed by atoms with Crippen LogP contribution in [0.2, 0.25) is 0 Å². The van der Waals surface area contributed by atoms with Crippen LogP contribution >= 0.6 is 0 Å². The van der Waals surface area contributed by atoms with Crippen molar-refractivity contribution in [2.75, 3.05) is 26.2 Å². The largest absolute Gasteiger partial charge is 0.342 e. The molecule has 5 nitrogen and oxygen atoms in total. The first-order valence-corrected chi connectivity index (χ1v) is 11.9. The number of likely N-dealkylation sites (tertiary alicyclic amines) is 1.